The quantitative estimate of drug-likeness (QED) is 0.559. The molecule has 0 amide bonds. The molecule has 0 bridgehead atoms. The van der Waals surface area contributed by atoms with Crippen molar-refractivity contribution in [2.75, 3.05) is 0 Å². The van der Waals surface area contributed by atoms with E-state index >= 15 is 0 Å². The third-order valence-electron chi connectivity index (χ3n) is 2.57. The number of ketones is 1. The van der Waals surface area contributed by atoms with Crippen molar-refractivity contribution in [1.29, 1.82) is 0 Å². The summed E-state index contributed by atoms with van der Waals surface area (Å²) < 4.78 is 0. The molecule has 1 saturated carbocycles. The Kier molecular flexibility index (Phi) is 2.58. The highest BCUT2D eigenvalue weighted by Gasteiger charge is 2.40. The van der Waals surface area contributed by atoms with E-state index in [0.29, 0.717) is 6.42 Å². The van der Waals surface area contributed by atoms with Crippen molar-refractivity contribution in [3.05, 3.63) is 0 Å². The van der Waals surface area contributed by atoms with Crippen molar-refractivity contribution in [2.45, 2.75) is 44.4 Å². The molecule has 2 heteroatoms. The Morgan fingerprint density at radius 2 is 2.09 bits per heavy atom. The number of halogens is 1. The van der Waals surface area contributed by atoms with E-state index in [-0.39, 0.29) is 11.7 Å². The average molecular weight is 175 g/mol. The fourth-order valence-electron chi connectivity index (χ4n) is 1.63. The second-order valence-electron chi connectivity index (χ2n) is 3.65. The molecule has 11 heavy (non-hydrogen) atoms. The topological polar surface area (TPSA) is 17.1 Å². The van der Waals surface area contributed by atoms with Gasteiger partial charge in [0.2, 0.25) is 0 Å². The molecule has 0 aromatic rings. The maximum absolute atomic E-state index is 11.4. The fourth-order valence-corrected chi connectivity index (χ4v) is 1.85. The van der Waals surface area contributed by atoms with Crippen LogP contribution in [0.1, 0.15) is 39.5 Å². The SMILES string of the molecule is CC(C)C1(Cl)CCCCC1=O. The van der Waals surface area contributed by atoms with Crippen LogP contribution in [0.15, 0.2) is 0 Å². The molecule has 1 aliphatic carbocycles. The lowest BCUT2D eigenvalue weighted by molar-refractivity contribution is -0.124. The van der Waals surface area contributed by atoms with Crippen LogP contribution in [-0.4, -0.2) is 10.7 Å². The molecule has 0 saturated heterocycles. The molecule has 0 N–H and O–H groups in total. The molecule has 1 aliphatic rings. The maximum Gasteiger partial charge on any atom is 0.154 e. The number of rotatable bonds is 1. The van der Waals surface area contributed by atoms with Gasteiger partial charge in [0.05, 0.1) is 0 Å². The molecule has 0 aliphatic heterocycles. The summed E-state index contributed by atoms with van der Waals surface area (Å²) in [5.74, 6) is 0.525. The second kappa shape index (κ2) is 3.14. The van der Waals surface area contributed by atoms with Crippen LogP contribution < -0.4 is 0 Å². The minimum atomic E-state index is -0.530. The van der Waals surface area contributed by atoms with Crippen LogP contribution in [-0.2, 0) is 4.79 Å². The van der Waals surface area contributed by atoms with Crippen LogP contribution in [0.3, 0.4) is 0 Å². The molecular weight excluding hydrogens is 160 g/mol. The summed E-state index contributed by atoms with van der Waals surface area (Å²) in [7, 11) is 0. The Hall–Kier alpha value is -0.0400. The first-order chi connectivity index (χ1) is 5.07. The molecule has 0 radical (unpaired) electrons. The fraction of sp³-hybridized carbons (Fsp3) is 0.889. The summed E-state index contributed by atoms with van der Waals surface area (Å²) >= 11 is 6.21. The number of carbonyl (C=O) groups excluding carboxylic acids is 1. The Morgan fingerprint density at radius 3 is 2.45 bits per heavy atom. The Morgan fingerprint density at radius 1 is 1.45 bits per heavy atom. The highest BCUT2D eigenvalue weighted by molar-refractivity contribution is 6.35. The first-order valence-corrected chi connectivity index (χ1v) is 4.67. The van der Waals surface area contributed by atoms with Crippen LogP contribution in [0.25, 0.3) is 0 Å². The summed E-state index contributed by atoms with van der Waals surface area (Å²) in [5.41, 5.74) is 0. The van der Waals surface area contributed by atoms with Gasteiger partial charge in [0.25, 0.3) is 0 Å². The van der Waals surface area contributed by atoms with Gasteiger partial charge in [-0.25, -0.2) is 0 Å². The van der Waals surface area contributed by atoms with Gasteiger partial charge in [-0.05, 0) is 18.8 Å². The lowest BCUT2D eigenvalue weighted by Crippen LogP contribution is -2.40. The predicted molar refractivity (Wildman–Crippen MR) is 46.9 cm³/mol. The highest BCUT2D eigenvalue weighted by Crippen LogP contribution is 2.37. The molecule has 0 heterocycles. The van der Waals surface area contributed by atoms with Crippen molar-refractivity contribution in [3.63, 3.8) is 0 Å². The predicted octanol–water partition coefficient (Wildman–Crippen LogP) is 2.76. The summed E-state index contributed by atoms with van der Waals surface area (Å²) in [5, 5.41) is 0. The normalized spacial score (nSPS) is 32.9. The zero-order valence-electron chi connectivity index (χ0n) is 7.19. The second-order valence-corrected chi connectivity index (χ2v) is 4.32. The molecule has 64 valence electrons. The molecule has 1 unspecified atom stereocenters. The standard InChI is InChI=1S/C9H15ClO/c1-7(2)9(10)6-4-3-5-8(9)11/h7H,3-6H2,1-2H3. The summed E-state index contributed by atoms with van der Waals surface area (Å²) in [6.07, 6.45) is 3.68. The van der Waals surface area contributed by atoms with Crippen LogP contribution in [0, 0.1) is 5.92 Å². The third-order valence-corrected chi connectivity index (χ3v) is 3.41. The van der Waals surface area contributed by atoms with Gasteiger partial charge in [0, 0.05) is 6.42 Å². The molecule has 0 spiro atoms. The van der Waals surface area contributed by atoms with Gasteiger partial charge in [-0.2, -0.15) is 0 Å². The largest absolute Gasteiger partial charge is 0.298 e. The van der Waals surface area contributed by atoms with E-state index in [1.54, 1.807) is 0 Å². The van der Waals surface area contributed by atoms with Crippen LogP contribution in [0.2, 0.25) is 0 Å². The van der Waals surface area contributed by atoms with Crippen molar-refractivity contribution in [3.8, 4) is 0 Å². The van der Waals surface area contributed by atoms with E-state index in [4.69, 9.17) is 11.6 Å². The van der Waals surface area contributed by atoms with E-state index in [0.717, 1.165) is 19.3 Å². The average Bonchev–Trinajstić information content (AvgIpc) is 1.95. The molecule has 0 aromatic heterocycles. The molecule has 1 rings (SSSR count). The lowest BCUT2D eigenvalue weighted by atomic mass is 9.80. The Balaban J connectivity index is 2.73. The Labute approximate surface area is 73.1 Å². The molecule has 1 atom stereocenters. The van der Waals surface area contributed by atoms with Gasteiger partial charge < -0.3 is 0 Å². The number of carbonyl (C=O) groups is 1. The van der Waals surface area contributed by atoms with E-state index in [9.17, 15) is 4.79 Å². The van der Waals surface area contributed by atoms with Crippen LogP contribution in [0.4, 0.5) is 0 Å². The lowest BCUT2D eigenvalue weighted by Gasteiger charge is -2.32. The minimum Gasteiger partial charge on any atom is -0.298 e. The van der Waals surface area contributed by atoms with E-state index in [2.05, 4.69) is 0 Å². The third kappa shape index (κ3) is 1.58. The summed E-state index contributed by atoms with van der Waals surface area (Å²) in [6.45, 7) is 4.05. The monoisotopic (exact) mass is 174 g/mol. The van der Waals surface area contributed by atoms with Gasteiger partial charge in [-0.15, -0.1) is 11.6 Å². The highest BCUT2D eigenvalue weighted by atomic mass is 35.5. The van der Waals surface area contributed by atoms with Gasteiger partial charge >= 0.3 is 0 Å². The van der Waals surface area contributed by atoms with Crippen molar-refractivity contribution < 1.29 is 4.79 Å². The zero-order valence-corrected chi connectivity index (χ0v) is 7.95. The zero-order chi connectivity index (χ0) is 8.48. The maximum atomic E-state index is 11.4. The molecule has 1 fully saturated rings. The molecule has 1 nitrogen and oxygen atoms in total. The molecular formula is C9H15ClO. The number of hydrogen-bond donors (Lipinski definition) is 0. The number of hydrogen-bond acceptors (Lipinski definition) is 1. The van der Waals surface area contributed by atoms with Crippen LogP contribution >= 0.6 is 11.6 Å². The van der Waals surface area contributed by atoms with Crippen LogP contribution in [0.5, 0.6) is 0 Å². The van der Waals surface area contributed by atoms with E-state index in [1.807, 2.05) is 13.8 Å². The van der Waals surface area contributed by atoms with Gasteiger partial charge in [-0.3, -0.25) is 4.79 Å². The smallest absolute Gasteiger partial charge is 0.154 e. The first-order valence-electron chi connectivity index (χ1n) is 4.29. The van der Waals surface area contributed by atoms with Crippen molar-refractivity contribution >= 4 is 17.4 Å². The molecule has 0 aromatic carbocycles. The van der Waals surface area contributed by atoms with Gasteiger partial charge in [0.15, 0.2) is 5.78 Å². The number of Topliss-reactive ketones (excluding diaryl/α,β-unsaturated/α-hetero) is 1. The number of alkyl halides is 1. The first kappa shape index (κ1) is 9.05. The summed E-state index contributed by atoms with van der Waals surface area (Å²) in [6, 6.07) is 0. The van der Waals surface area contributed by atoms with E-state index < -0.39 is 4.87 Å². The van der Waals surface area contributed by atoms with Crippen molar-refractivity contribution in [2.24, 2.45) is 5.92 Å². The minimum absolute atomic E-state index is 0.250. The summed E-state index contributed by atoms with van der Waals surface area (Å²) in [4.78, 5) is 10.9. The van der Waals surface area contributed by atoms with Gasteiger partial charge in [-0.1, -0.05) is 20.3 Å². The van der Waals surface area contributed by atoms with E-state index in [1.165, 1.54) is 0 Å². The van der Waals surface area contributed by atoms with Gasteiger partial charge in [0.1, 0.15) is 4.87 Å². The Bertz CT molecular complexity index is 165. The van der Waals surface area contributed by atoms with Crippen molar-refractivity contribution in [1.82, 2.24) is 0 Å².